The minimum Gasteiger partial charge on any atom is -0.497 e. The van der Waals surface area contributed by atoms with Crippen molar-refractivity contribution in [3.8, 4) is 17.1 Å². The van der Waals surface area contributed by atoms with Gasteiger partial charge in [0.1, 0.15) is 17.3 Å². The van der Waals surface area contributed by atoms with E-state index in [0.29, 0.717) is 22.1 Å². The molecule has 0 fully saturated rings. The second-order valence-corrected chi connectivity index (χ2v) is 7.63. The average Bonchev–Trinajstić information content (AvgIpc) is 3.03. The Balaban J connectivity index is 1.97. The van der Waals surface area contributed by atoms with Crippen LogP contribution >= 0.6 is 0 Å². The zero-order valence-corrected chi connectivity index (χ0v) is 14.7. The van der Waals surface area contributed by atoms with Crippen LogP contribution in [0.2, 0.25) is 0 Å². The third kappa shape index (κ3) is 3.69. The molecular weight excluding hydrogens is 345 g/mol. The summed E-state index contributed by atoms with van der Waals surface area (Å²) < 4.78 is 41.3. The molecule has 8 heteroatoms. The van der Waals surface area contributed by atoms with E-state index in [1.165, 1.54) is 18.4 Å². The highest BCUT2D eigenvalue weighted by Crippen LogP contribution is 2.27. The van der Waals surface area contributed by atoms with Crippen molar-refractivity contribution < 1.29 is 17.9 Å². The standard InChI is InChI=1S/C17H16FN3O3S/c1-11-19-17(20-24-11)12-4-9-16(15(18)10-12)21-25(3,22)14-7-5-13(23-2)6-8-14/h4-10H,1-3H3. The molecule has 0 radical (unpaired) electrons. The summed E-state index contributed by atoms with van der Waals surface area (Å²) in [6.07, 6.45) is 1.46. The van der Waals surface area contributed by atoms with Gasteiger partial charge in [0, 0.05) is 23.6 Å². The maximum Gasteiger partial charge on any atom is 0.223 e. The lowest BCUT2D eigenvalue weighted by Gasteiger charge is -2.07. The van der Waals surface area contributed by atoms with Crippen LogP contribution in [-0.2, 0) is 9.73 Å². The van der Waals surface area contributed by atoms with Crippen LogP contribution < -0.4 is 4.74 Å². The van der Waals surface area contributed by atoms with Crippen molar-refractivity contribution in [3.63, 3.8) is 0 Å². The van der Waals surface area contributed by atoms with Crippen LogP contribution in [0.4, 0.5) is 10.1 Å². The lowest BCUT2D eigenvalue weighted by Crippen LogP contribution is -1.97. The first kappa shape index (κ1) is 17.1. The summed E-state index contributed by atoms with van der Waals surface area (Å²) in [5.41, 5.74) is 0.465. The fraction of sp³-hybridized carbons (Fsp3) is 0.176. The van der Waals surface area contributed by atoms with Crippen LogP contribution in [-0.4, -0.2) is 27.7 Å². The van der Waals surface area contributed by atoms with Gasteiger partial charge in [0.2, 0.25) is 11.7 Å². The largest absolute Gasteiger partial charge is 0.497 e. The maximum absolute atomic E-state index is 14.4. The summed E-state index contributed by atoms with van der Waals surface area (Å²) in [6, 6.07) is 11.0. The smallest absolute Gasteiger partial charge is 0.223 e. The Morgan fingerprint density at radius 3 is 2.48 bits per heavy atom. The molecule has 0 saturated carbocycles. The normalized spacial score (nSPS) is 13.3. The van der Waals surface area contributed by atoms with Gasteiger partial charge in [-0.1, -0.05) is 5.16 Å². The van der Waals surface area contributed by atoms with Gasteiger partial charge >= 0.3 is 0 Å². The van der Waals surface area contributed by atoms with Crippen LogP contribution in [0.1, 0.15) is 5.89 Å². The molecule has 0 N–H and O–H groups in total. The first-order valence-corrected chi connectivity index (χ1v) is 9.28. The topological polar surface area (TPSA) is 77.6 Å². The van der Waals surface area contributed by atoms with Crippen LogP contribution in [0.25, 0.3) is 11.4 Å². The number of benzene rings is 2. The molecule has 3 aromatic rings. The molecule has 0 bridgehead atoms. The summed E-state index contributed by atoms with van der Waals surface area (Å²) in [6.45, 7) is 1.65. The number of ether oxygens (including phenoxy) is 1. The Morgan fingerprint density at radius 1 is 1.20 bits per heavy atom. The van der Waals surface area contributed by atoms with Gasteiger partial charge in [0.05, 0.1) is 16.8 Å². The van der Waals surface area contributed by atoms with E-state index in [1.807, 2.05) is 0 Å². The number of aryl methyl sites for hydroxylation is 1. The zero-order chi connectivity index (χ0) is 18.0. The van der Waals surface area contributed by atoms with Crippen molar-refractivity contribution in [2.24, 2.45) is 4.36 Å². The van der Waals surface area contributed by atoms with E-state index in [1.54, 1.807) is 44.4 Å². The van der Waals surface area contributed by atoms with Gasteiger partial charge in [-0.05, 0) is 42.5 Å². The predicted molar refractivity (Wildman–Crippen MR) is 91.8 cm³/mol. The fourth-order valence-electron chi connectivity index (χ4n) is 2.21. The second kappa shape index (κ2) is 6.64. The Kier molecular flexibility index (Phi) is 4.54. The SMILES string of the molecule is COc1ccc(S(C)(=O)=Nc2ccc(-c3noc(C)n3)cc2F)cc1. The van der Waals surface area contributed by atoms with Gasteiger partial charge in [-0.2, -0.15) is 9.35 Å². The highest BCUT2D eigenvalue weighted by molar-refractivity contribution is 7.93. The Bertz CT molecular complexity index is 1020. The van der Waals surface area contributed by atoms with Gasteiger partial charge in [-0.25, -0.2) is 8.60 Å². The molecule has 130 valence electrons. The van der Waals surface area contributed by atoms with Crippen molar-refractivity contribution in [2.75, 3.05) is 13.4 Å². The molecule has 0 aliphatic heterocycles. The van der Waals surface area contributed by atoms with E-state index in [9.17, 15) is 8.60 Å². The number of rotatable bonds is 4. The van der Waals surface area contributed by atoms with Crippen molar-refractivity contribution in [1.82, 2.24) is 10.1 Å². The second-order valence-electron chi connectivity index (χ2n) is 5.37. The van der Waals surface area contributed by atoms with Crippen LogP contribution in [0, 0.1) is 12.7 Å². The minimum atomic E-state index is -2.80. The van der Waals surface area contributed by atoms with Gasteiger partial charge in [-0.3, -0.25) is 0 Å². The molecule has 0 amide bonds. The van der Waals surface area contributed by atoms with Gasteiger partial charge < -0.3 is 9.26 Å². The highest BCUT2D eigenvalue weighted by Gasteiger charge is 2.12. The number of hydrogen-bond donors (Lipinski definition) is 0. The Labute approximate surface area is 144 Å². The molecule has 1 aromatic heterocycles. The van der Waals surface area contributed by atoms with Gasteiger partial charge in [0.15, 0.2) is 0 Å². The van der Waals surface area contributed by atoms with Crippen LogP contribution in [0.5, 0.6) is 5.75 Å². The van der Waals surface area contributed by atoms with Crippen molar-refractivity contribution >= 4 is 15.4 Å². The van der Waals surface area contributed by atoms with Crippen molar-refractivity contribution in [1.29, 1.82) is 0 Å². The molecule has 0 saturated heterocycles. The van der Waals surface area contributed by atoms with E-state index in [0.717, 1.165) is 0 Å². The van der Waals surface area contributed by atoms with Crippen molar-refractivity contribution in [3.05, 3.63) is 54.2 Å². The Hall–Kier alpha value is -2.74. The minimum absolute atomic E-state index is 0.00675. The summed E-state index contributed by atoms with van der Waals surface area (Å²) in [5, 5.41) is 3.74. The molecule has 6 nitrogen and oxygen atoms in total. The van der Waals surface area contributed by atoms with E-state index < -0.39 is 15.5 Å². The summed E-state index contributed by atoms with van der Waals surface area (Å²) >= 11 is 0. The van der Waals surface area contributed by atoms with Gasteiger partial charge in [0.25, 0.3) is 0 Å². The highest BCUT2D eigenvalue weighted by atomic mass is 32.2. The Morgan fingerprint density at radius 2 is 1.92 bits per heavy atom. The molecule has 1 atom stereocenters. The third-order valence-electron chi connectivity index (χ3n) is 3.50. The van der Waals surface area contributed by atoms with E-state index in [4.69, 9.17) is 9.26 Å². The third-order valence-corrected chi connectivity index (χ3v) is 5.19. The molecule has 0 aliphatic rings. The molecule has 0 spiro atoms. The number of nitrogens with zero attached hydrogens (tertiary/aromatic N) is 3. The molecular formula is C17H16FN3O3S. The number of halogens is 1. The van der Waals surface area contributed by atoms with E-state index >= 15 is 0 Å². The van der Waals surface area contributed by atoms with Crippen LogP contribution in [0.3, 0.4) is 0 Å². The maximum atomic E-state index is 14.4. The van der Waals surface area contributed by atoms with E-state index in [2.05, 4.69) is 14.5 Å². The monoisotopic (exact) mass is 361 g/mol. The zero-order valence-electron chi connectivity index (χ0n) is 13.9. The van der Waals surface area contributed by atoms with E-state index in [-0.39, 0.29) is 11.5 Å². The summed E-state index contributed by atoms with van der Waals surface area (Å²) in [7, 11) is -1.26. The molecule has 0 aliphatic carbocycles. The first-order chi connectivity index (χ1) is 11.9. The lowest BCUT2D eigenvalue weighted by molar-refractivity contribution is 0.394. The fourth-order valence-corrected chi connectivity index (χ4v) is 3.48. The molecule has 25 heavy (non-hydrogen) atoms. The summed E-state index contributed by atoms with van der Waals surface area (Å²) in [4.78, 5) is 4.54. The number of aromatic nitrogens is 2. The number of methoxy groups -OCH3 is 1. The average molecular weight is 361 g/mol. The molecule has 2 aromatic carbocycles. The summed E-state index contributed by atoms with van der Waals surface area (Å²) in [5.74, 6) is 0.712. The first-order valence-electron chi connectivity index (χ1n) is 7.35. The lowest BCUT2D eigenvalue weighted by atomic mass is 10.2. The van der Waals surface area contributed by atoms with Crippen LogP contribution in [0.15, 0.2) is 56.2 Å². The molecule has 3 rings (SSSR count). The quantitative estimate of drug-likeness (QED) is 0.702. The molecule has 1 heterocycles. The van der Waals surface area contributed by atoms with Gasteiger partial charge in [-0.15, -0.1) is 0 Å². The predicted octanol–water partition coefficient (Wildman–Crippen LogP) is 3.98. The molecule has 1 unspecified atom stereocenters. The van der Waals surface area contributed by atoms with Crippen molar-refractivity contribution in [2.45, 2.75) is 11.8 Å². The number of hydrogen-bond acceptors (Lipinski definition) is 6.